The summed E-state index contributed by atoms with van der Waals surface area (Å²) in [7, 11) is 0. The van der Waals surface area contributed by atoms with E-state index in [0.29, 0.717) is 33.9 Å². The summed E-state index contributed by atoms with van der Waals surface area (Å²) < 4.78 is 7.58. The van der Waals surface area contributed by atoms with Gasteiger partial charge in [-0.1, -0.05) is 151 Å². The quantitative estimate of drug-likeness (QED) is 0.0571. The number of rotatable bonds is 17. The Morgan fingerprint density at radius 2 is 0.796 bits per heavy atom. The molecular weight excluding hydrogens is 1460 g/mol. The number of allylic oxidation sites excluding steroid dienone is 2. The maximum absolute atomic E-state index is 13.0. The number of nitrogens with two attached hydrogens (primary N) is 1. The molecule has 10 aromatic carbocycles. The molecule has 18 rings (SSSR count). The van der Waals surface area contributed by atoms with Gasteiger partial charge in [0.2, 0.25) is 29.5 Å². The van der Waals surface area contributed by atoms with Crippen molar-refractivity contribution in [2.75, 3.05) is 21.3 Å². The molecule has 2 aliphatic rings. The number of aryl methyl sites for hydroxylation is 1. The van der Waals surface area contributed by atoms with Gasteiger partial charge < -0.3 is 45.3 Å². The summed E-state index contributed by atoms with van der Waals surface area (Å²) in [5.41, 5.74) is 19.0. The third-order valence-corrected chi connectivity index (χ3v) is 19.5. The fourth-order valence-electron chi connectivity index (χ4n) is 13.3. The van der Waals surface area contributed by atoms with Crippen LogP contribution < -0.4 is 27.0 Å². The molecule has 556 valence electrons. The van der Waals surface area contributed by atoms with Crippen LogP contribution in [0.25, 0.3) is 100 Å². The van der Waals surface area contributed by atoms with Crippen LogP contribution in [0.2, 0.25) is 10.0 Å². The van der Waals surface area contributed by atoms with Crippen LogP contribution in [0.15, 0.2) is 289 Å². The highest BCUT2D eigenvalue weighted by atomic mass is 35.5. The lowest BCUT2D eigenvalue weighted by Gasteiger charge is -2.17. The molecule has 1 atom stereocenters. The van der Waals surface area contributed by atoms with Crippen LogP contribution in [0.4, 0.5) is 22.7 Å². The van der Waals surface area contributed by atoms with Gasteiger partial charge in [-0.05, 0) is 181 Å². The Hall–Kier alpha value is -14.4. The van der Waals surface area contributed by atoms with Gasteiger partial charge in [-0.15, -0.1) is 0 Å². The average Bonchev–Trinajstić information content (AvgIpc) is 1.65. The van der Waals surface area contributed by atoms with Crippen molar-refractivity contribution in [2.24, 2.45) is 15.7 Å². The van der Waals surface area contributed by atoms with Crippen molar-refractivity contribution in [1.82, 2.24) is 48.2 Å². The smallest absolute Gasteiger partial charge is 0.250 e. The third-order valence-electron chi connectivity index (χ3n) is 18.8. The van der Waals surface area contributed by atoms with Gasteiger partial charge in [0, 0.05) is 65.4 Å². The third kappa shape index (κ3) is 16.9. The van der Waals surface area contributed by atoms with Gasteiger partial charge in [0.15, 0.2) is 23.3 Å². The molecule has 113 heavy (non-hydrogen) atoms. The Morgan fingerprint density at radius 3 is 1.26 bits per heavy atom. The molecule has 0 radical (unpaired) electrons. The van der Waals surface area contributed by atoms with E-state index in [-0.39, 0.29) is 53.8 Å². The molecule has 16 aromatic rings. The van der Waals surface area contributed by atoms with Crippen LogP contribution in [0.3, 0.4) is 0 Å². The van der Waals surface area contributed by atoms with Gasteiger partial charge in [-0.2, -0.15) is 0 Å². The van der Waals surface area contributed by atoms with E-state index in [4.69, 9.17) is 43.9 Å². The Labute approximate surface area is 657 Å². The first-order valence-corrected chi connectivity index (χ1v) is 37.0. The number of nitrogens with zero attached hydrogens (tertiary/aromatic N) is 12. The Kier molecular flexibility index (Phi) is 22.1. The lowest BCUT2D eigenvalue weighted by atomic mass is 10.1. The summed E-state index contributed by atoms with van der Waals surface area (Å²) in [5.74, 6) is 1.41. The summed E-state index contributed by atoms with van der Waals surface area (Å²) in [6.07, 6.45) is 12.6. The zero-order valence-electron chi connectivity index (χ0n) is 61.1. The minimum absolute atomic E-state index is 0.0389. The number of carbonyl (C=O) groups excluding carboxylic acids is 5. The van der Waals surface area contributed by atoms with E-state index in [1.807, 2.05) is 269 Å². The van der Waals surface area contributed by atoms with Crippen molar-refractivity contribution in [3.8, 4) is 23.0 Å². The number of hydrogen-bond donors (Lipinski definition) is 5. The summed E-state index contributed by atoms with van der Waals surface area (Å²) >= 11 is 12.1. The second kappa shape index (κ2) is 33.6. The number of primary amides is 1. The Morgan fingerprint density at radius 1 is 0.407 bits per heavy atom. The van der Waals surface area contributed by atoms with Crippen LogP contribution in [0.1, 0.15) is 53.4 Å². The minimum atomic E-state index is -0.657. The number of para-hydroxylation sites is 8. The van der Waals surface area contributed by atoms with Gasteiger partial charge in [-0.3, -0.25) is 43.9 Å². The van der Waals surface area contributed by atoms with Crippen molar-refractivity contribution >= 4 is 165 Å². The number of hydrogen-bond acceptors (Lipinski definition) is 13. The molecule has 1 unspecified atom stereocenters. The molecule has 5 amide bonds. The van der Waals surface area contributed by atoms with E-state index in [0.717, 1.165) is 124 Å². The molecule has 0 fully saturated rings. The number of fused-ring (bicyclic) bond motifs is 6. The molecule has 0 spiro atoms. The maximum atomic E-state index is 13.0. The van der Waals surface area contributed by atoms with E-state index >= 15 is 0 Å². The van der Waals surface area contributed by atoms with Gasteiger partial charge >= 0.3 is 0 Å². The second-order valence-electron chi connectivity index (χ2n) is 26.5. The van der Waals surface area contributed by atoms with Crippen molar-refractivity contribution in [1.29, 1.82) is 0 Å². The number of imidazole rings is 4. The van der Waals surface area contributed by atoms with Crippen LogP contribution in [0.5, 0.6) is 0 Å². The number of amides is 5. The van der Waals surface area contributed by atoms with E-state index in [2.05, 4.69) is 58.3 Å². The molecule has 24 heteroatoms. The van der Waals surface area contributed by atoms with Gasteiger partial charge in [-0.25, -0.2) is 19.9 Å². The van der Waals surface area contributed by atoms with E-state index < -0.39 is 11.9 Å². The van der Waals surface area contributed by atoms with Gasteiger partial charge in [0.25, 0.3) is 0 Å². The fourth-order valence-corrected chi connectivity index (χ4v) is 13.7. The number of carbonyl (C=O) groups is 5. The van der Waals surface area contributed by atoms with Crippen molar-refractivity contribution in [3.05, 3.63) is 312 Å². The Balaban J connectivity index is 0.000000119. The number of anilines is 4. The first-order chi connectivity index (χ1) is 55.1. The number of benzene rings is 10. The normalized spacial score (nSPS) is 12.3. The molecule has 6 N–H and O–H groups in total. The molecule has 0 saturated carbocycles. The molecule has 22 nitrogen and oxygen atoms in total. The predicted octanol–water partition coefficient (Wildman–Crippen LogP) is 18.0. The first kappa shape index (κ1) is 74.1. The standard InChI is InChI=1S/C24H18N4O.C23H18N4O.C22H19ClN4O.C20H16ClN5O2/c29-23(26-19-13-12-17-7-1-2-8-18(17)15-19)16-28-22-11-4-3-9-20(22)27-24(28)21-10-5-6-14-25-21;28-22(25-18-12-11-16-6-1-2-7-17(16)14-18)15-27-21-10-4-3-8-19(21)26-23(27)20-9-5-13-24-20;1-14-10-11-16(13-17(14)23)25-22(28)15(2)27-20-9-4-3-7-18(20)26-21(27)19-8-5-6-12-24-19;21-14-8-7-12(10-13(14)19(22)28)24-18(27)11-26-17-6-2-1-4-15(17)25-20(26)16-5-3-9-23-16/h1-15H,16H2,(H,26,29);1-4,6-14H,5,15H2,(H,25,28);3-13,15H,1-2H3,(H,25,28);1-2,4-10H,3,11H2,(H2,22,28)(H,24,27). The van der Waals surface area contributed by atoms with Crippen LogP contribution >= 0.6 is 23.2 Å². The zero-order chi connectivity index (χ0) is 77.9. The zero-order valence-corrected chi connectivity index (χ0v) is 62.6. The number of aromatic nitrogens is 10. The summed E-state index contributed by atoms with van der Waals surface area (Å²) in [6.45, 7) is 4.14. The van der Waals surface area contributed by atoms with E-state index in [9.17, 15) is 24.0 Å². The number of halogens is 2. The molecular formula is C89H71Cl2N17O5. The maximum Gasteiger partial charge on any atom is 0.250 e. The lowest BCUT2D eigenvalue weighted by molar-refractivity contribution is -0.119. The molecule has 0 bridgehead atoms. The fraction of sp³-hybridized carbons (Fsp3) is 0.0899. The highest BCUT2D eigenvalue weighted by Crippen LogP contribution is 2.33. The predicted molar refractivity (Wildman–Crippen MR) is 451 cm³/mol. The molecule has 8 heterocycles. The second-order valence-corrected chi connectivity index (χ2v) is 27.3. The number of aliphatic imine (C=N–C) groups is 2. The van der Waals surface area contributed by atoms with Gasteiger partial charge in [0.1, 0.15) is 48.5 Å². The minimum Gasteiger partial charge on any atom is -0.366 e. The molecule has 2 aliphatic heterocycles. The largest absolute Gasteiger partial charge is 0.366 e. The van der Waals surface area contributed by atoms with Crippen molar-refractivity contribution in [3.63, 3.8) is 0 Å². The summed E-state index contributed by atoms with van der Waals surface area (Å²) in [5, 5.41) is 17.1. The van der Waals surface area contributed by atoms with E-state index in [1.54, 1.807) is 30.7 Å². The highest BCUT2D eigenvalue weighted by Gasteiger charge is 2.25. The SMILES string of the molecule is Cc1ccc(NC(=O)C(C)n2c(-c3ccccn3)nc3ccccc32)cc1Cl.NC(=O)c1cc(NC(=O)Cn2c(C3=CCC=N3)nc3ccccc32)ccc1Cl.O=C(Cn1c(-c2ccccn2)nc2ccccc21)Nc1ccc2ccccc2c1.O=C(Cn1c(C2=CCC=N2)nc2ccccc21)Nc1ccc2ccccc2c1. The summed E-state index contributed by atoms with van der Waals surface area (Å²) in [4.78, 5) is 99.2. The molecule has 0 aliphatic carbocycles. The lowest BCUT2D eigenvalue weighted by Crippen LogP contribution is -2.24. The van der Waals surface area contributed by atoms with Crippen LogP contribution in [-0.2, 0) is 38.8 Å². The van der Waals surface area contributed by atoms with Crippen molar-refractivity contribution in [2.45, 2.75) is 52.4 Å². The Bertz CT molecular complexity index is 6460. The van der Waals surface area contributed by atoms with E-state index in [1.165, 1.54) is 12.1 Å². The number of pyridine rings is 2. The van der Waals surface area contributed by atoms with Gasteiger partial charge in [0.05, 0.1) is 54.7 Å². The first-order valence-electron chi connectivity index (χ1n) is 36.3. The summed E-state index contributed by atoms with van der Waals surface area (Å²) in [6, 6.07) is 80.0. The number of nitrogens with one attached hydrogen (secondary N) is 4. The molecule has 0 saturated heterocycles. The van der Waals surface area contributed by atoms with Crippen LogP contribution in [-0.4, -0.2) is 90.1 Å². The topological polar surface area (TPSA) is 281 Å². The molecule has 6 aromatic heterocycles. The monoisotopic (exact) mass is 1530 g/mol. The average molecular weight is 1530 g/mol. The van der Waals surface area contributed by atoms with Crippen molar-refractivity contribution < 1.29 is 24.0 Å². The van der Waals surface area contributed by atoms with Crippen LogP contribution in [0, 0.1) is 6.92 Å². The highest BCUT2D eigenvalue weighted by molar-refractivity contribution is 6.34.